The number of hydrogen-bond acceptors (Lipinski definition) is 2. The number of hydrogen-bond donors (Lipinski definition) is 1. The van der Waals surface area contributed by atoms with Crippen molar-refractivity contribution in [2.24, 2.45) is 0 Å². The molecule has 2 rings (SSSR count). The molecule has 2 aromatic carbocycles. The van der Waals surface area contributed by atoms with Gasteiger partial charge in [-0.2, -0.15) is 0 Å². The molecule has 0 aromatic heterocycles. The normalized spacial score (nSPS) is 10.9. The molecule has 0 heterocycles. The first-order valence-electron chi connectivity index (χ1n) is 7.04. The number of anilines is 1. The zero-order chi connectivity index (χ0) is 17.0. The van der Waals surface area contributed by atoms with Crippen LogP contribution in [0.2, 0.25) is 10.0 Å². The molecule has 0 saturated carbocycles. The molecule has 2 aromatic rings. The molecule has 0 bridgehead atoms. The van der Waals surface area contributed by atoms with E-state index in [1.165, 1.54) is 12.1 Å². The summed E-state index contributed by atoms with van der Waals surface area (Å²) in [5.74, 6) is -0.498. The lowest BCUT2D eigenvalue weighted by molar-refractivity contribution is -0.117. The molecule has 122 valence electrons. The van der Waals surface area contributed by atoms with Crippen LogP contribution in [0.25, 0.3) is 0 Å². The highest BCUT2D eigenvalue weighted by molar-refractivity contribution is 6.40. The number of benzene rings is 2. The van der Waals surface area contributed by atoms with Crippen molar-refractivity contribution in [3.8, 4) is 0 Å². The molecule has 23 heavy (non-hydrogen) atoms. The Morgan fingerprint density at radius 3 is 2.48 bits per heavy atom. The summed E-state index contributed by atoms with van der Waals surface area (Å²) in [5.41, 5.74) is 2.19. The maximum absolute atomic E-state index is 12.9. The van der Waals surface area contributed by atoms with Gasteiger partial charge in [0.05, 0.1) is 22.3 Å². The quantitative estimate of drug-likeness (QED) is 0.856. The van der Waals surface area contributed by atoms with E-state index < -0.39 is 0 Å². The maximum atomic E-state index is 12.9. The average Bonchev–Trinajstić information content (AvgIpc) is 2.50. The van der Waals surface area contributed by atoms with Gasteiger partial charge < -0.3 is 5.32 Å². The number of carbonyl (C=O) groups excluding carboxylic acids is 1. The predicted octanol–water partition coefficient (Wildman–Crippen LogP) is 4.51. The van der Waals surface area contributed by atoms with Crippen molar-refractivity contribution in [1.29, 1.82) is 0 Å². The summed E-state index contributed by atoms with van der Waals surface area (Å²) in [5, 5.41) is 3.58. The number of halogens is 3. The van der Waals surface area contributed by atoms with E-state index in [9.17, 15) is 9.18 Å². The molecule has 0 aliphatic carbocycles. The Bertz CT molecular complexity index is 704. The fourth-order valence-corrected chi connectivity index (χ4v) is 2.62. The number of aryl methyl sites for hydroxylation is 1. The fourth-order valence-electron chi connectivity index (χ4n) is 2.15. The van der Waals surface area contributed by atoms with Gasteiger partial charge in [-0.05, 0) is 43.3 Å². The number of amides is 1. The van der Waals surface area contributed by atoms with Gasteiger partial charge in [0, 0.05) is 6.54 Å². The van der Waals surface area contributed by atoms with Gasteiger partial charge in [-0.25, -0.2) is 4.39 Å². The standard InChI is InChI=1S/C17H17Cl2FN2O/c1-11-3-8-14(18)17(16(11)19)21-15(23)10-22(2)9-12-4-6-13(20)7-5-12/h3-8H,9-10H2,1-2H3,(H,21,23). The lowest BCUT2D eigenvalue weighted by Gasteiger charge is -2.17. The van der Waals surface area contributed by atoms with Gasteiger partial charge in [0.2, 0.25) is 5.91 Å². The van der Waals surface area contributed by atoms with E-state index in [1.54, 1.807) is 24.3 Å². The van der Waals surface area contributed by atoms with Crippen molar-refractivity contribution in [3.05, 3.63) is 63.4 Å². The van der Waals surface area contributed by atoms with E-state index in [-0.39, 0.29) is 18.3 Å². The Labute approximate surface area is 145 Å². The van der Waals surface area contributed by atoms with Crippen LogP contribution in [0.4, 0.5) is 10.1 Å². The molecule has 0 spiro atoms. The lowest BCUT2D eigenvalue weighted by Crippen LogP contribution is -2.30. The van der Waals surface area contributed by atoms with Gasteiger partial charge in [0.1, 0.15) is 5.82 Å². The molecule has 1 amide bonds. The molecule has 0 saturated heterocycles. The number of rotatable bonds is 5. The van der Waals surface area contributed by atoms with E-state index in [1.807, 2.05) is 18.9 Å². The van der Waals surface area contributed by atoms with Crippen molar-refractivity contribution in [2.45, 2.75) is 13.5 Å². The molecule has 0 aliphatic heterocycles. The van der Waals surface area contributed by atoms with E-state index in [0.717, 1.165) is 11.1 Å². The third kappa shape index (κ3) is 4.93. The van der Waals surface area contributed by atoms with Crippen LogP contribution in [-0.2, 0) is 11.3 Å². The summed E-state index contributed by atoms with van der Waals surface area (Å²) in [4.78, 5) is 14.0. The summed E-state index contributed by atoms with van der Waals surface area (Å²) >= 11 is 12.3. The van der Waals surface area contributed by atoms with E-state index >= 15 is 0 Å². The Kier molecular flexibility index (Phi) is 5.99. The molecule has 0 radical (unpaired) electrons. The Balaban J connectivity index is 1.97. The molecule has 3 nitrogen and oxygen atoms in total. The predicted molar refractivity (Wildman–Crippen MR) is 92.6 cm³/mol. The molecule has 0 aliphatic rings. The lowest BCUT2D eigenvalue weighted by atomic mass is 10.2. The first-order valence-corrected chi connectivity index (χ1v) is 7.80. The van der Waals surface area contributed by atoms with Gasteiger partial charge >= 0.3 is 0 Å². The summed E-state index contributed by atoms with van der Waals surface area (Å²) in [6.07, 6.45) is 0. The van der Waals surface area contributed by atoms with Gasteiger partial charge in [-0.15, -0.1) is 0 Å². The van der Waals surface area contributed by atoms with Gasteiger partial charge in [-0.3, -0.25) is 9.69 Å². The first kappa shape index (κ1) is 17.7. The van der Waals surface area contributed by atoms with Crippen LogP contribution in [0.5, 0.6) is 0 Å². The summed E-state index contributed by atoms with van der Waals surface area (Å²) in [7, 11) is 1.81. The molecular weight excluding hydrogens is 338 g/mol. The van der Waals surface area contributed by atoms with Crippen molar-refractivity contribution in [1.82, 2.24) is 4.90 Å². The van der Waals surface area contributed by atoms with Crippen LogP contribution in [0.3, 0.4) is 0 Å². The Morgan fingerprint density at radius 2 is 1.83 bits per heavy atom. The topological polar surface area (TPSA) is 32.3 Å². The second-order valence-electron chi connectivity index (χ2n) is 5.40. The maximum Gasteiger partial charge on any atom is 0.238 e. The number of nitrogens with one attached hydrogen (secondary N) is 1. The molecule has 6 heteroatoms. The highest BCUT2D eigenvalue weighted by Gasteiger charge is 2.13. The highest BCUT2D eigenvalue weighted by atomic mass is 35.5. The fraction of sp³-hybridized carbons (Fsp3) is 0.235. The molecule has 0 atom stereocenters. The third-order valence-corrected chi connectivity index (χ3v) is 4.13. The van der Waals surface area contributed by atoms with Crippen LogP contribution in [-0.4, -0.2) is 24.4 Å². The van der Waals surface area contributed by atoms with Crippen LogP contribution in [0.15, 0.2) is 36.4 Å². The number of carbonyl (C=O) groups is 1. The summed E-state index contributed by atoms with van der Waals surface area (Å²) < 4.78 is 12.9. The largest absolute Gasteiger partial charge is 0.322 e. The monoisotopic (exact) mass is 354 g/mol. The number of likely N-dealkylation sites (N-methyl/N-ethyl adjacent to an activating group) is 1. The second kappa shape index (κ2) is 7.77. The van der Waals surface area contributed by atoms with E-state index in [0.29, 0.717) is 22.3 Å². The smallest absolute Gasteiger partial charge is 0.238 e. The summed E-state index contributed by atoms with van der Waals surface area (Å²) in [6, 6.07) is 9.67. The van der Waals surface area contributed by atoms with Gasteiger partial charge in [-0.1, -0.05) is 41.4 Å². The van der Waals surface area contributed by atoms with Crippen molar-refractivity contribution >= 4 is 34.8 Å². The van der Waals surface area contributed by atoms with Crippen LogP contribution in [0, 0.1) is 12.7 Å². The van der Waals surface area contributed by atoms with Crippen LogP contribution in [0.1, 0.15) is 11.1 Å². The van der Waals surface area contributed by atoms with E-state index in [2.05, 4.69) is 5.32 Å². The number of nitrogens with zero attached hydrogens (tertiary/aromatic N) is 1. The van der Waals surface area contributed by atoms with Crippen LogP contribution >= 0.6 is 23.2 Å². The van der Waals surface area contributed by atoms with Crippen molar-refractivity contribution in [2.75, 3.05) is 18.9 Å². The van der Waals surface area contributed by atoms with Crippen molar-refractivity contribution in [3.63, 3.8) is 0 Å². The Morgan fingerprint density at radius 1 is 1.17 bits per heavy atom. The van der Waals surface area contributed by atoms with Gasteiger partial charge in [0.25, 0.3) is 0 Å². The minimum Gasteiger partial charge on any atom is -0.322 e. The minimum absolute atomic E-state index is 0.165. The minimum atomic E-state index is -0.280. The first-order chi connectivity index (χ1) is 10.9. The zero-order valence-electron chi connectivity index (χ0n) is 12.9. The highest BCUT2D eigenvalue weighted by Crippen LogP contribution is 2.32. The molecule has 0 fully saturated rings. The second-order valence-corrected chi connectivity index (χ2v) is 6.19. The van der Waals surface area contributed by atoms with Crippen LogP contribution < -0.4 is 5.32 Å². The van der Waals surface area contributed by atoms with Gasteiger partial charge in [0.15, 0.2) is 0 Å². The molecular formula is C17H17Cl2FN2O. The average molecular weight is 355 g/mol. The molecule has 1 N–H and O–H groups in total. The van der Waals surface area contributed by atoms with E-state index in [4.69, 9.17) is 23.2 Å². The summed E-state index contributed by atoms with van der Waals surface area (Å²) in [6.45, 7) is 2.54. The third-order valence-electron chi connectivity index (χ3n) is 3.33. The Hall–Kier alpha value is -1.62. The zero-order valence-corrected chi connectivity index (χ0v) is 14.4. The van der Waals surface area contributed by atoms with Crippen molar-refractivity contribution < 1.29 is 9.18 Å². The SMILES string of the molecule is Cc1ccc(Cl)c(NC(=O)CN(C)Cc2ccc(F)cc2)c1Cl. The molecule has 0 unspecified atom stereocenters.